The second-order valence-electron chi connectivity index (χ2n) is 5.06. The number of halogens is 1. The maximum absolute atomic E-state index is 13.7. The highest BCUT2D eigenvalue weighted by atomic mass is 19.1. The van der Waals surface area contributed by atoms with E-state index in [0.717, 1.165) is 0 Å². The van der Waals surface area contributed by atoms with E-state index in [1.165, 1.54) is 18.2 Å². The molecule has 108 valence electrons. The van der Waals surface area contributed by atoms with Gasteiger partial charge in [0.05, 0.1) is 5.92 Å². The van der Waals surface area contributed by atoms with Crippen LogP contribution in [0.15, 0.2) is 18.2 Å². The molecule has 1 saturated heterocycles. The summed E-state index contributed by atoms with van der Waals surface area (Å²) in [6, 6.07) is 4.05. The third kappa shape index (κ3) is 3.33. The molecule has 0 bridgehead atoms. The molecule has 0 atom stereocenters. The van der Waals surface area contributed by atoms with Gasteiger partial charge in [0, 0.05) is 17.7 Å². The molecule has 1 fully saturated rings. The maximum Gasteiger partial charge on any atom is 0.306 e. The van der Waals surface area contributed by atoms with Crippen LogP contribution in [0.2, 0.25) is 0 Å². The molecule has 0 aromatic heterocycles. The fourth-order valence-electron chi connectivity index (χ4n) is 2.43. The minimum atomic E-state index is -0.772. The highest BCUT2D eigenvalue weighted by Gasteiger charge is 2.24. The standard InChI is InChI=1S/C14H17FN2O3/c15-12-2-1-10(13(16)18)7-11(12)8-17-5-3-9(4-6-17)14(19)20/h1-2,7,9H,3-6,8H2,(H2,16,18)(H,19,20). The van der Waals surface area contributed by atoms with E-state index in [-0.39, 0.29) is 17.3 Å². The Labute approximate surface area is 116 Å². The summed E-state index contributed by atoms with van der Waals surface area (Å²) >= 11 is 0. The lowest BCUT2D eigenvalue weighted by Crippen LogP contribution is -2.36. The van der Waals surface area contributed by atoms with Crippen LogP contribution in [0, 0.1) is 11.7 Å². The molecule has 0 spiro atoms. The summed E-state index contributed by atoms with van der Waals surface area (Å²) in [7, 11) is 0. The van der Waals surface area contributed by atoms with Crippen LogP contribution in [-0.4, -0.2) is 35.0 Å². The Morgan fingerprint density at radius 1 is 1.35 bits per heavy atom. The molecule has 1 aliphatic rings. The number of carboxylic acids is 1. The number of hydrogen-bond donors (Lipinski definition) is 2. The van der Waals surface area contributed by atoms with E-state index in [2.05, 4.69) is 0 Å². The average molecular weight is 280 g/mol. The van der Waals surface area contributed by atoms with Crippen molar-refractivity contribution in [3.8, 4) is 0 Å². The van der Waals surface area contributed by atoms with Gasteiger partial charge in [0.1, 0.15) is 5.82 Å². The molecular weight excluding hydrogens is 263 g/mol. The third-order valence-electron chi connectivity index (χ3n) is 3.66. The number of aliphatic carboxylic acids is 1. The van der Waals surface area contributed by atoms with Gasteiger partial charge in [-0.1, -0.05) is 0 Å². The zero-order chi connectivity index (χ0) is 14.7. The summed E-state index contributed by atoms with van der Waals surface area (Å²) < 4.78 is 13.7. The van der Waals surface area contributed by atoms with Crippen LogP contribution < -0.4 is 5.73 Å². The molecule has 0 saturated carbocycles. The van der Waals surface area contributed by atoms with Crippen molar-refractivity contribution in [1.82, 2.24) is 4.90 Å². The van der Waals surface area contributed by atoms with Crippen LogP contribution in [-0.2, 0) is 11.3 Å². The van der Waals surface area contributed by atoms with Gasteiger partial charge in [-0.3, -0.25) is 14.5 Å². The van der Waals surface area contributed by atoms with Crippen LogP contribution in [0.5, 0.6) is 0 Å². The second kappa shape index (κ2) is 6.00. The van der Waals surface area contributed by atoms with Crippen molar-refractivity contribution in [2.75, 3.05) is 13.1 Å². The molecule has 6 heteroatoms. The number of rotatable bonds is 4. The van der Waals surface area contributed by atoms with Crippen molar-refractivity contribution in [3.05, 3.63) is 35.1 Å². The molecule has 5 nitrogen and oxygen atoms in total. The molecule has 1 aromatic carbocycles. The fraction of sp³-hybridized carbons (Fsp3) is 0.429. The van der Waals surface area contributed by atoms with E-state index in [1.54, 1.807) is 0 Å². The number of likely N-dealkylation sites (tertiary alicyclic amines) is 1. The van der Waals surface area contributed by atoms with Gasteiger partial charge in [-0.15, -0.1) is 0 Å². The maximum atomic E-state index is 13.7. The van der Waals surface area contributed by atoms with Crippen LogP contribution in [0.25, 0.3) is 0 Å². The number of carboxylic acid groups (broad SMARTS) is 1. The second-order valence-corrected chi connectivity index (χ2v) is 5.06. The Balaban J connectivity index is 2.02. The van der Waals surface area contributed by atoms with E-state index >= 15 is 0 Å². The number of piperidine rings is 1. The molecule has 1 amide bonds. The molecule has 1 heterocycles. The van der Waals surface area contributed by atoms with Crippen molar-refractivity contribution in [1.29, 1.82) is 0 Å². The summed E-state index contributed by atoms with van der Waals surface area (Å²) in [5, 5.41) is 8.93. The number of carbonyl (C=O) groups excluding carboxylic acids is 1. The first-order chi connectivity index (χ1) is 9.47. The van der Waals surface area contributed by atoms with Crippen molar-refractivity contribution in [2.24, 2.45) is 11.7 Å². The van der Waals surface area contributed by atoms with Gasteiger partial charge in [-0.25, -0.2) is 4.39 Å². The summed E-state index contributed by atoms with van der Waals surface area (Å²) in [4.78, 5) is 23.9. The summed E-state index contributed by atoms with van der Waals surface area (Å²) in [6.07, 6.45) is 1.12. The predicted molar refractivity (Wildman–Crippen MR) is 70.6 cm³/mol. The number of primary amides is 1. The van der Waals surface area contributed by atoms with Gasteiger partial charge in [-0.05, 0) is 44.1 Å². The number of benzene rings is 1. The zero-order valence-corrected chi connectivity index (χ0v) is 11.0. The molecule has 2 rings (SSSR count). The van der Waals surface area contributed by atoms with Crippen LogP contribution >= 0.6 is 0 Å². The van der Waals surface area contributed by atoms with E-state index < -0.39 is 11.9 Å². The van der Waals surface area contributed by atoms with Gasteiger partial charge >= 0.3 is 5.97 Å². The molecule has 0 unspecified atom stereocenters. The van der Waals surface area contributed by atoms with Gasteiger partial charge in [0.2, 0.25) is 5.91 Å². The summed E-state index contributed by atoms with van der Waals surface area (Å²) in [5.74, 6) is -2.05. The Morgan fingerprint density at radius 3 is 2.55 bits per heavy atom. The lowest BCUT2D eigenvalue weighted by Gasteiger charge is -2.30. The van der Waals surface area contributed by atoms with E-state index in [0.29, 0.717) is 38.0 Å². The largest absolute Gasteiger partial charge is 0.481 e. The van der Waals surface area contributed by atoms with Gasteiger partial charge in [-0.2, -0.15) is 0 Å². The lowest BCUT2D eigenvalue weighted by atomic mass is 9.96. The van der Waals surface area contributed by atoms with Crippen molar-refractivity contribution in [2.45, 2.75) is 19.4 Å². The summed E-state index contributed by atoms with van der Waals surface area (Å²) in [5.41, 5.74) is 5.87. The molecule has 20 heavy (non-hydrogen) atoms. The molecule has 0 radical (unpaired) electrons. The first kappa shape index (κ1) is 14.5. The number of carbonyl (C=O) groups is 2. The Morgan fingerprint density at radius 2 is 2.00 bits per heavy atom. The molecule has 1 aliphatic heterocycles. The smallest absolute Gasteiger partial charge is 0.306 e. The normalized spacial score (nSPS) is 17.1. The first-order valence-corrected chi connectivity index (χ1v) is 6.50. The molecule has 1 aromatic rings. The fourth-order valence-corrected chi connectivity index (χ4v) is 2.43. The number of nitrogens with two attached hydrogens (primary N) is 1. The van der Waals surface area contributed by atoms with Gasteiger partial charge in [0.25, 0.3) is 0 Å². The number of amides is 1. The van der Waals surface area contributed by atoms with E-state index in [4.69, 9.17) is 10.8 Å². The van der Waals surface area contributed by atoms with Gasteiger partial charge in [0.15, 0.2) is 0 Å². The van der Waals surface area contributed by atoms with Gasteiger partial charge < -0.3 is 10.8 Å². The zero-order valence-electron chi connectivity index (χ0n) is 11.0. The molecular formula is C14H17FN2O3. The van der Waals surface area contributed by atoms with Crippen LogP contribution in [0.3, 0.4) is 0 Å². The Hall–Kier alpha value is -1.95. The first-order valence-electron chi connectivity index (χ1n) is 6.50. The van der Waals surface area contributed by atoms with Crippen LogP contribution in [0.4, 0.5) is 4.39 Å². The van der Waals surface area contributed by atoms with Crippen molar-refractivity contribution in [3.63, 3.8) is 0 Å². The lowest BCUT2D eigenvalue weighted by molar-refractivity contribution is -0.143. The Kier molecular flexibility index (Phi) is 4.34. The van der Waals surface area contributed by atoms with E-state index in [9.17, 15) is 14.0 Å². The molecule has 0 aliphatic carbocycles. The van der Waals surface area contributed by atoms with E-state index in [1.807, 2.05) is 4.90 Å². The Bertz CT molecular complexity index is 525. The third-order valence-corrected chi connectivity index (χ3v) is 3.66. The van der Waals surface area contributed by atoms with Crippen molar-refractivity contribution < 1.29 is 19.1 Å². The average Bonchev–Trinajstić information content (AvgIpc) is 2.41. The topological polar surface area (TPSA) is 83.6 Å². The minimum Gasteiger partial charge on any atom is -0.481 e. The molecule has 3 N–H and O–H groups in total. The highest BCUT2D eigenvalue weighted by Crippen LogP contribution is 2.20. The summed E-state index contributed by atoms with van der Waals surface area (Å²) in [6.45, 7) is 1.58. The van der Waals surface area contributed by atoms with Crippen molar-refractivity contribution >= 4 is 11.9 Å². The number of hydrogen-bond acceptors (Lipinski definition) is 3. The monoisotopic (exact) mass is 280 g/mol. The quantitative estimate of drug-likeness (QED) is 0.868. The SMILES string of the molecule is NC(=O)c1ccc(F)c(CN2CCC(C(=O)O)CC2)c1. The van der Waals surface area contributed by atoms with Crippen LogP contribution in [0.1, 0.15) is 28.8 Å². The highest BCUT2D eigenvalue weighted by molar-refractivity contribution is 5.92. The predicted octanol–water partition coefficient (Wildman–Crippen LogP) is 1.22. The minimum absolute atomic E-state index is 0.279. The number of nitrogens with zero attached hydrogens (tertiary/aromatic N) is 1.